The Kier molecular flexibility index (Phi) is 13.5. The maximum atomic E-state index is 13.4. The fraction of sp³-hybridized carbons (Fsp3) is 0.364. The molecule has 0 bridgehead atoms. The number of rotatable bonds is 15. The van der Waals surface area contributed by atoms with E-state index in [4.69, 9.17) is 21.1 Å². The molecule has 0 radical (unpaired) electrons. The summed E-state index contributed by atoms with van der Waals surface area (Å²) < 4.78 is 11.2. The van der Waals surface area contributed by atoms with Gasteiger partial charge in [-0.15, -0.1) is 0 Å². The van der Waals surface area contributed by atoms with Crippen molar-refractivity contribution in [1.82, 2.24) is 10.6 Å². The molecule has 0 heterocycles. The van der Waals surface area contributed by atoms with Crippen molar-refractivity contribution in [2.75, 3.05) is 11.9 Å². The number of nitrogens with one attached hydrogen (secondary N) is 3. The van der Waals surface area contributed by atoms with E-state index in [0.717, 1.165) is 6.42 Å². The summed E-state index contributed by atoms with van der Waals surface area (Å²) >= 11 is 6.00. The minimum Gasteiger partial charge on any atom is -0.457 e. The van der Waals surface area contributed by atoms with E-state index in [-0.39, 0.29) is 6.42 Å². The molecule has 44 heavy (non-hydrogen) atoms. The van der Waals surface area contributed by atoms with Gasteiger partial charge in [0.1, 0.15) is 17.6 Å². The third-order valence-electron chi connectivity index (χ3n) is 6.71. The number of amides is 3. The molecule has 0 aliphatic heterocycles. The molecule has 4 atom stereocenters. The molecule has 4 unspecified atom stereocenters. The summed E-state index contributed by atoms with van der Waals surface area (Å²) in [6.45, 7) is 5.70. The Bertz CT molecular complexity index is 1340. The van der Waals surface area contributed by atoms with Crippen LogP contribution < -0.4 is 20.7 Å². The highest BCUT2D eigenvalue weighted by molar-refractivity contribution is 6.30. The van der Waals surface area contributed by atoms with Crippen LogP contribution in [-0.4, -0.2) is 59.0 Å². The second-order valence-corrected chi connectivity index (χ2v) is 11.1. The van der Waals surface area contributed by atoms with E-state index in [1.807, 2.05) is 37.3 Å². The van der Waals surface area contributed by atoms with Gasteiger partial charge in [0.05, 0.1) is 6.04 Å². The molecule has 0 aliphatic rings. The largest absolute Gasteiger partial charge is 0.457 e. The fourth-order valence-electron chi connectivity index (χ4n) is 4.25. The van der Waals surface area contributed by atoms with Crippen molar-refractivity contribution in [3.8, 4) is 11.5 Å². The number of carbonyl (C=O) groups excluding carboxylic acids is 3. The molecule has 11 heteroatoms. The number of hydrogen-bond acceptors (Lipinski definition) is 7. The Balaban J connectivity index is 1.67. The molecule has 3 amide bonds. The summed E-state index contributed by atoms with van der Waals surface area (Å²) in [4.78, 5) is 38.7. The Morgan fingerprint density at radius 2 is 1.50 bits per heavy atom. The van der Waals surface area contributed by atoms with Crippen LogP contribution in [-0.2, 0) is 20.7 Å². The number of halogens is 1. The van der Waals surface area contributed by atoms with Gasteiger partial charge in [-0.1, -0.05) is 69.1 Å². The number of ether oxygens (including phenoxy) is 2. The minimum atomic E-state index is -1.81. The van der Waals surface area contributed by atoms with Gasteiger partial charge in [-0.25, -0.2) is 4.79 Å². The monoisotopic (exact) mass is 625 g/mol. The quantitative estimate of drug-likeness (QED) is 0.148. The highest BCUT2D eigenvalue weighted by Gasteiger charge is 2.35. The van der Waals surface area contributed by atoms with Crippen LogP contribution in [0.2, 0.25) is 5.02 Å². The molecule has 5 N–H and O–H groups in total. The number of unbranched alkanes of at least 4 members (excludes halogenated alkanes) is 1. The third kappa shape index (κ3) is 10.9. The number of carbonyl (C=O) groups is 3. The fourth-order valence-corrected chi connectivity index (χ4v) is 4.38. The maximum absolute atomic E-state index is 13.4. The molecule has 10 nitrogen and oxygen atoms in total. The minimum absolute atomic E-state index is 0.0673. The summed E-state index contributed by atoms with van der Waals surface area (Å²) in [6.07, 6.45) is -3.95. The molecule has 0 aliphatic carbocycles. The zero-order valence-electron chi connectivity index (χ0n) is 25.0. The Labute approximate surface area is 262 Å². The summed E-state index contributed by atoms with van der Waals surface area (Å²) in [6, 6.07) is 21.5. The second kappa shape index (κ2) is 17.2. The van der Waals surface area contributed by atoms with Crippen LogP contribution in [0.1, 0.15) is 39.2 Å². The molecule has 3 rings (SSSR count). The molecular formula is C33H40ClN3O7. The van der Waals surface area contributed by atoms with Gasteiger partial charge < -0.3 is 30.3 Å². The lowest BCUT2D eigenvalue weighted by atomic mass is 9.96. The van der Waals surface area contributed by atoms with E-state index in [1.54, 1.807) is 62.4 Å². The van der Waals surface area contributed by atoms with Crippen LogP contribution in [0.4, 0.5) is 10.5 Å². The first-order valence-electron chi connectivity index (χ1n) is 14.6. The smallest absolute Gasteiger partial charge is 0.412 e. The topological polar surface area (TPSA) is 146 Å². The van der Waals surface area contributed by atoms with Gasteiger partial charge in [0.2, 0.25) is 0 Å². The van der Waals surface area contributed by atoms with Crippen molar-refractivity contribution in [3.63, 3.8) is 0 Å². The third-order valence-corrected chi connectivity index (χ3v) is 6.96. The second-order valence-electron chi connectivity index (χ2n) is 10.7. The Hall–Kier alpha value is -4.12. The number of aliphatic hydroxyl groups excluding tert-OH is 2. The van der Waals surface area contributed by atoms with Gasteiger partial charge in [-0.2, -0.15) is 0 Å². The first-order valence-corrected chi connectivity index (χ1v) is 14.9. The van der Waals surface area contributed by atoms with E-state index in [0.29, 0.717) is 40.7 Å². The lowest BCUT2D eigenvalue weighted by Crippen LogP contribution is -2.56. The zero-order valence-corrected chi connectivity index (χ0v) is 25.8. The van der Waals surface area contributed by atoms with Crippen LogP contribution in [0, 0.1) is 5.92 Å². The lowest BCUT2D eigenvalue weighted by Gasteiger charge is -2.30. The van der Waals surface area contributed by atoms with Crippen molar-refractivity contribution < 1.29 is 34.1 Å². The van der Waals surface area contributed by atoms with E-state index in [2.05, 4.69) is 16.0 Å². The first-order chi connectivity index (χ1) is 21.1. The van der Waals surface area contributed by atoms with Crippen molar-refractivity contribution >= 4 is 35.2 Å². The SMILES string of the molecule is CCCCNC(=O)C(O)C(O)C(Cc1ccc(Cl)cc1)NC(=O)C(OC(=O)Nc1ccc(Oc2ccccc2)cc1)C(C)C. The van der Waals surface area contributed by atoms with Crippen molar-refractivity contribution in [2.24, 2.45) is 5.92 Å². The molecule has 0 saturated heterocycles. The van der Waals surface area contributed by atoms with Crippen molar-refractivity contribution in [1.29, 1.82) is 0 Å². The number of anilines is 1. The number of benzene rings is 3. The molecule has 0 spiro atoms. The summed E-state index contributed by atoms with van der Waals surface area (Å²) in [5.74, 6) is -0.655. The average Bonchev–Trinajstić information content (AvgIpc) is 3.01. The summed E-state index contributed by atoms with van der Waals surface area (Å²) in [5, 5.41) is 30.0. The van der Waals surface area contributed by atoms with Gasteiger partial charge in [-0.05, 0) is 72.9 Å². The molecule has 236 valence electrons. The number of para-hydroxylation sites is 1. The predicted molar refractivity (Wildman–Crippen MR) is 169 cm³/mol. The average molecular weight is 626 g/mol. The van der Waals surface area contributed by atoms with E-state index >= 15 is 0 Å². The molecule has 3 aromatic carbocycles. The van der Waals surface area contributed by atoms with Gasteiger partial charge in [0.15, 0.2) is 12.2 Å². The van der Waals surface area contributed by atoms with E-state index in [1.165, 1.54) is 0 Å². The normalized spacial score (nSPS) is 13.7. The Morgan fingerprint density at radius 1 is 0.864 bits per heavy atom. The maximum Gasteiger partial charge on any atom is 0.412 e. The lowest BCUT2D eigenvalue weighted by molar-refractivity contribution is -0.140. The van der Waals surface area contributed by atoms with Crippen LogP contribution in [0.3, 0.4) is 0 Å². The summed E-state index contributed by atoms with van der Waals surface area (Å²) in [7, 11) is 0. The van der Waals surface area contributed by atoms with Gasteiger partial charge >= 0.3 is 6.09 Å². The standard InChI is InChI=1S/C33H40ClN3O7/c1-4-5-19-35-31(40)29(39)28(38)27(20-22-11-13-23(34)14-12-22)37-32(41)30(21(2)3)44-33(42)36-24-15-17-26(18-16-24)43-25-9-7-6-8-10-25/h6-18,21,27-30,38-39H,4-5,19-20H2,1-3H3,(H,35,40)(H,36,42)(H,37,41). The van der Waals surface area contributed by atoms with Gasteiger partial charge in [-0.3, -0.25) is 14.9 Å². The van der Waals surface area contributed by atoms with Crippen LogP contribution in [0.25, 0.3) is 0 Å². The van der Waals surface area contributed by atoms with E-state index in [9.17, 15) is 24.6 Å². The zero-order chi connectivity index (χ0) is 32.1. The summed E-state index contributed by atoms with van der Waals surface area (Å²) in [5.41, 5.74) is 1.11. The molecule has 3 aromatic rings. The van der Waals surface area contributed by atoms with Crippen LogP contribution in [0.15, 0.2) is 78.9 Å². The number of aliphatic hydroxyl groups is 2. The van der Waals surface area contributed by atoms with Crippen LogP contribution >= 0.6 is 11.6 Å². The molecule has 0 fully saturated rings. The van der Waals surface area contributed by atoms with Crippen molar-refractivity contribution in [2.45, 2.75) is 64.4 Å². The highest BCUT2D eigenvalue weighted by Crippen LogP contribution is 2.23. The van der Waals surface area contributed by atoms with Crippen LogP contribution in [0.5, 0.6) is 11.5 Å². The van der Waals surface area contributed by atoms with Gasteiger partial charge in [0, 0.05) is 17.3 Å². The Morgan fingerprint density at radius 3 is 2.11 bits per heavy atom. The van der Waals surface area contributed by atoms with E-state index < -0.39 is 48.2 Å². The van der Waals surface area contributed by atoms with Gasteiger partial charge in [0.25, 0.3) is 11.8 Å². The van der Waals surface area contributed by atoms with Crippen molar-refractivity contribution in [3.05, 3.63) is 89.4 Å². The highest BCUT2D eigenvalue weighted by atomic mass is 35.5. The first kappa shape index (κ1) is 34.4. The molecule has 0 saturated carbocycles. The predicted octanol–water partition coefficient (Wildman–Crippen LogP) is 5.07. The number of hydrogen-bond donors (Lipinski definition) is 5. The molecular weight excluding hydrogens is 586 g/mol. The molecule has 0 aromatic heterocycles.